The molecule has 3 N–H and O–H groups in total. The van der Waals surface area contributed by atoms with Crippen molar-refractivity contribution in [2.24, 2.45) is 5.73 Å². The van der Waals surface area contributed by atoms with Crippen molar-refractivity contribution in [2.75, 3.05) is 18.0 Å². The van der Waals surface area contributed by atoms with Crippen molar-refractivity contribution in [3.05, 3.63) is 18.1 Å². The molecular weight excluding hydrogens is 302 g/mol. The molecule has 3 rings (SSSR count). The van der Waals surface area contributed by atoms with Crippen LogP contribution in [0.3, 0.4) is 0 Å². The largest absolute Gasteiger partial charge is 0.356 e. The molecule has 6 nitrogen and oxygen atoms in total. The van der Waals surface area contributed by atoms with Crippen LogP contribution < -0.4 is 16.0 Å². The lowest BCUT2D eigenvalue weighted by molar-refractivity contribution is -0.128. The zero-order valence-electron chi connectivity index (χ0n) is 14.6. The van der Waals surface area contributed by atoms with Gasteiger partial charge >= 0.3 is 0 Å². The molecule has 24 heavy (non-hydrogen) atoms. The fourth-order valence-electron chi connectivity index (χ4n) is 3.74. The van der Waals surface area contributed by atoms with Crippen LogP contribution in [0.2, 0.25) is 0 Å². The second kappa shape index (κ2) is 7.47. The first-order chi connectivity index (χ1) is 11.6. The maximum Gasteiger partial charge on any atom is 0.240 e. The number of nitrogens with zero attached hydrogens (tertiary/aromatic N) is 3. The Balaban J connectivity index is 1.52. The molecule has 6 heteroatoms. The number of amides is 1. The van der Waals surface area contributed by atoms with Gasteiger partial charge in [0, 0.05) is 30.9 Å². The topological polar surface area (TPSA) is 84.1 Å². The van der Waals surface area contributed by atoms with E-state index in [0.717, 1.165) is 69.5 Å². The van der Waals surface area contributed by atoms with E-state index in [1.54, 1.807) is 6.33 Å². The first-order valence-electron chi connectivity index (χ1n) is 9.26. The fraction of sp³-hybridized carbons (Fsp3) is 0.722. The number of aromatic nitrogens is 2. The standard InChI is InChI=1S/C18H29N5O/c1-2-14-12-16(21-13-20-14)23-10-6-15(7-11-23)22-17(24)18(19)8-4-3-5-9-18/h12-13,15H,2-11,19H2,1H3,(H,22,24). The van der Waals surface area contributed by atoms with Crippen LogP contribution in [0.25, 0.3) is 0 Å². The number of nitrogens with one attached hydrogen (secondary N) is 1. The Morgan fingerprint density at radius 2 is 2.00 bits per heavy atom. The molecule has 2 aliphatic rings. The van der Waals surface area contributed by atoms with Gasteiger partial charge in [-0.25, -0.2) is 9.97 Å². The van der Waals surface area contributed by atoms with Crippen LogP contribution in [0.4, 0.5) is 5.82 Å². The SMILES string of the molecule is CCc1cc(N2CCC(NC(=O)C3(N)CCCCC3)CC2)ncn1. The molecule has 1 amide bonds. The van der Waals surface area contributed by atoms with Gasteiger partial charge in [0.15, 0.2) is 0 Å². The van der Waals surface area contributed by atoms with Crippen LogP contribution in [0, 0.1) is 0 Å². The number of carbonyl (C=O) groups excluding carboxylic acids is 1. The van der Waals surface area contributed by atoms with Crippen LogP contribution in [0.1, 0.15) is 57.6 Å². The molecule has 132 valence electrons. The molecule has 1 aliphatic heterocycles. The van der Waals surface area contributed by atoms with E-state index in [0.29, 0.717) is 0 Å². The molecule has 1 aliphatic carbocycles. The number of hydrogen-bond acceptors (Lipinski definition) is 5. The Labute approximate surface area is 144 Å². The van der Waals surface area contributed by atoms with Gasteiger partial charge in [0.05, 0.1) is 5.54 Å². The van der Waals surface area contributed by atoms with Crippen LogP contribution in [-0.2, 0) is 11.2 Å². The average Bonchev–Trinajstić information content (AvgIpc) is 2.63. The fourth-order valence-corrected chi connectivity index (χ4v) is 3.74. The number of hydrogen-bond donors (Lipinski definition) is 2. The summed E-state index contributed by atoms with van der Waals surface area (Å²) in [5, 5.41) is 3.20. The highest BCUT2D eigenvalue weighted by Gasteiger charge is 2.36. The summed E-state index contributed by atoms with van der Waals surface area (Å²) in [6.07, 6.45) is 9.40. The van der Waals surface area contributed by atoms with Gasteiger partial charge in [-0.2, -0.15) is 0 Å². The molecule has 1 saturated carbocycles. The van der Waals surface area contributed by atoms with Crippen molar-refractivity contribution in [3.8, 4) is 0 Å². The smallest absolute Gasteiger partial charge is 0.240 e. The van der Waals surface area contributed by atoms with Gasteiger partial charge in [0.2, 0.25) is 5.91 Å². The molecule has 0 radical (unpaired) electrons. The normalized spacial score (nSPS) is 21.5. The number of aryl methyl sites for hydroxylation is 1. The summed E-state index contributed by atoms with van der Waals surface area (Å²) in [4.78, 5) is 23.5. The first kappa shape index (κ1) is 17.1. The van der Waals surface area contributed by atoms with E-state index in [-0.39, 0.29) is 11.9 Å². The molecule has 1 aromatic rings. The summed E-state index contributed by atoms with van der Waals surface area (Å²) >= 11 is 0. The zero-order chi connectivity index (χ0) is 17.0. The number of carbonyl (C=O) groups is 1. The molecule has 0 bridgehead atoms. The summed E-state index contributed by atoms with van der Waals surface area (Å²) in [7, 11) is 0. The van der Waals surface area contributed by atoms with Crippen molar-refractivity contribution in [2.45, 2.75) is 69.9 Å². The van der Waals surface area contributed by atoms with Crippen molar-refractivity contribution in [3.63, 3.8) is 0 Å². The van der Waals surface area contributed by atoms with E-state index < -0.39 is 5.54 Å². The Bertz CT molecular complexity index is 562. The van der Waals surface area contributed by atoms with Gasteiger partial charge < -0.3 is 16.0 Å². The molecule has 0 atom stereocenters. The highest BCUT2D eigenvalue weighted by atomic mass is 16.2. The number of anilines is 1. The van der Waals surface area contributed by atoms with Crippen molar-refractivity contribution in [1.82, 2.24) is 15.3 Å². The minimum absolute atomic E-state index is 0.0518. The Morgan fingerprint density at radius 3 is 2.67 bits per heavy atom. The highest BCUT2D eigenvalue weighted by Crippen LogP contribution is 2.27. The lowest BCUT2D eigenvalue weighted by Crippen LogP contribution is -2.58. The van der Waals surface area contributed by atoms with Gasteiger partial charge in [0.25, 0.3) is 0 Å². The van der Waals surface area contributed by atoms with E-state index >= 15 is 0 Å². The predicted octanol–water partition coefficient (Wildman–Crippen LogP) is 1.79. The first-order valence-corrected chi connectivity index (χ1v) is 9.26. The molecule has 2 fully saturated rings. The zero-order valence-corrected chi connectivity index (χ0v) is 14.6. The van der Waals surface area contributed by atoms with E-state index in [2.05, 4.69) is 33.2 Å². The molecule has 2 heterocycles. The van der Waals surface area contributed by atoms with E-state index in [9.17, 15) is 4.79 Å². The Morgan fingerprint density at radius 1 is 1.29 bits per heavy atom. The second-order valence-corrected chi connectivity index (χ2v) is 7.17. The van der Waals surface area contributed by atoms with Crippen molar-refractivity contribution < 1.29 is 4.79 Å². The maximum absolute atomic E-state index is 12.6. The summed E-state index contributed by atoms with van der Waals surface area (Å²) in [6, 6.07) is 2.29. The van der Waals surface area contributed by atoms with E-state index in [4.69, 9.17) is 5.73 Å². The summed E-state index contributed by atoms with van der Waals surface area (Å²) in [5.41, 5.74) is 6.76. The van der Waals surface area contributed by atoms with Crippen LogP contribution in [-0.4, -0.2) is 40.5 Å². The molecular formula is C18H29N5O. The van der Waals surface area contributed by atoms with E-state index in [1.807, 2.05) is 0 Å². The quantitative estimate of drug-likeness (QED) is 0.879. The van der Waals surface area contributed by atoms with E-state index in [1.165, 1.54) is 6.42 Å². The third-order valence-corrected chi connectivity index (χ3v) is 5.42. The lowest BCUT2D eigenvalue weighted by Gasteiger charge is -2.37. The monoisotopic (exact) mass is 331 g/mol. The van der Waals surface area contributed by atoms with Gasteiger partial charge in [-0.1, -0.05) is 26.2 Å². The second-order valence-electron chi connectivity index (χ2n) is 7.17. The minimum Gasteiger partial charge on any atom is -0.356 e. The summed E-state index contributed by atoms with van der Waals surface area (Å²) < 4.78 is 0. The maximum atomic E-state index is 12.6. The Hall–Kier alpha value is -1.69. The third-order valence-electron chi connectivity index (χ3n) is 5.42. The van der Waals surface area contributed by atoms with Gasteiger partial charge in [0.1, 0.15) is 12.1 Å². The molecule has 1 saturated heterocycles. The van der Waals surface area contributed by atoms with Crippen LogP contribution >= 0.6 is 0 Å². The minimum atomic E-state index is -0.641. The molecule has 0 aromatic carbocycles. The molecule has 0 unspecified atom stereocenters. The number of piperidine rings is 1. The van der Waals surface area contributed by atoms with Crippen molar-refractivity contribution >= 4 is 11.7 Å². The van der Waals surface area contributed by atoms with Gasteiger partial charge in [-0.15, -0.1) is 0 Å². The number of nitrogens with two attached hydrogens (primary N) is 1. The molecule has 0 spiro atoms. The summed E-state index contributed by atoms with van der Waals surface area (Å²) in [6.45, 7) is 3.91. The lowest BCUT2D eigenvalue weighted by atomic mass is 9.81. The Kier molecular flexibility index (Phi) is 5.33. The highest BCUT2D eigenvalue weighted by molar-refractivity contribution is 5.86. The molecule has 1 aromatic heterocycles. The average molecular weight is 331 g/mol. The predicted molar refractivity (Wildman–Crippen MR) is 94.8 cm³/mol. The third kappa shape index (κ3) is 3.86. The van der Waals surface area contributed by atoms with Gasteiger partial charge in [-0.05, 0) is 32.1 Å². The van der Waals surface area contributed by atoms with Crippen LogP contribution in [0.5, 0.6) is 0 Å². The summed E-state index contributed by atoms with van der Waals surface area (Å²) in [5.74, 6) is 1.05. The van der Waals surface area contributed by atoms with Crippen LogP contribution in [0.15, 0.2) is 12.4 Å². The number of rotatable bonds is 4. The van der Waals surface area contributed by atoms with Gasteiger partial charge in [-0.3, -0.25) is 4.79 Å². The van der Waals surface area contributed by atoms with Crippen molar-refractivity contribution in [1.29, 1.82) is 0 Å².